The van der Waals surface area contributed by atoms with Crippen LogP contribution in [0.15, 0.2) is 61.7 Å². The third-order valence-electron chi connectivity index (χ3n) is 4.41. The Morgan fingerprint density at radius 1 is 0.923 bits per heavy atom. The molecule has 1 unspecified atom stereocenters. The first-order valence-electron chi connectivity index (χ1n) is 8.59. The van der Waals surface area contributed by atoms with E-state index in [0.717, 1.165) is 31.2 Å². The van der Waals surface area contributed by atoms with Crippen molar-refractivity contribution in [2.75, 3.05) is 12.0 Å². The van der Waals surface area contributed by atoms with Gasteiger partial charge in [0.1, 0.15) is 11.6 Å². The van der Waals surface area contributed by atoms with E-state index in [9.17, 15) is 0 Å². The van der Waals surface area contributed by atoms with Crippen molar-refractivity contribution in [3.63, 3.8) is 0 Å². The minimum atomic E-state index is 0.0126. The molecule has 4 heterocycles. The van der Waals surface area contributed by atoms with Gasteiger partial charge in [0.25, 0.3) is 0 Å². The van der Waals surface area contributed by atoms with Gasteiger partial charge in [-0.15, -0.1) is 0 Å². The Morgan fingerprint density at radius 2 is 1.65 bits per heavy atom. The van der Waals surface area contributed by atoms with Crippen LogP contribution in [0.25, 0.3) is 0 Å². The predicted molar refractivity (Wildman–Crippen MR) is 95.8 cm³/mol. The van der Waals surface area contributed by atoms with Gasteiger partial charge in [-0.2, -0.15) is 15.0 Å². The van der Waals surface area contributed by atoms with Gasteiger partial charge in [-0.05, 0) is 24.5 Å². The lowest BCUT2D eigenvalue weighted by Crippen LogP contribution is -2.29. The van der Waals surface area contributed by atoms with E-state index in [1.54, 1.807) is 29.6 Å². The monoisotopic (exact) mass is 351 g/mol. The molecule has 4 aromatic heterocycles. The Kier molecular flexibility index (Phi) is 4.77. The summed E-state index contributed by atoms with van der Waals surface area (Å²) in [7, 11) is 0. The van der Waals surface area contributed by atoms with Crippen LogP contribution in [0.4, 0.5) is 0 Å². The molecule has 4 aromatic rings. The van der Waals surface area contributed by atoms with E-state index in [4.69, 9.17) is 0 Å². The van der Waals surface area contributed by atoms with E-state index in [0.29, 0.717) is 0 Å². The molecular weight excluding hydrogens is 330 g/mol. The SMILES string of the molecule is c1cnn(CCC(CNn2cccn2)C(c2ncc[nH]2)c2ncc[nH]2)c1. The maximum atomic E-state index is 4.50. The molecule has 0 bridgehead atoms. The predicted octanol–water partition coefficient (Wildman–Crippen LogP) is 1.61. The summed E-state index contributed by atoms with van der Waals surface area (Å²) in [6, 6.07) is 3.83. The first-order valence-corrected chi connectivity index (χ1v) is 8.59. The Labute approximate surface area is 150 Å². The van der Waals surface area contributed by atoms with Crippen LogP contribution >= 0.6 is 0 Å². The average Bonchev–Trinajstić information content (AvgIpc) is 3.46. The van der Waals surface area contributed by atoms with E-state index < -0.39 is 0 Å². The number of nitrogens with zero attached hydrogens (tertiary/aromatic N) is 6. The molecule has 0 aromatic carbocycles. The topological polar surface area (TPSA) is 105 Å². The van der Waals surface area contributed by atoms with E-state index in [2.05, 4.69) is 35.6 Å². The second-order valence-corrected chi connectivity index (χ2v) is 6.06. The molecule has 0 aliphatic heterocycles. The maximum Gasteiger partial charge on any atom is 0.117 e. The van der Waals surface area contributed by atoms with Crippen LogP contribution in [0.5, 0.6) is 0 Å². The van der Waals surface area contributed by atoms with Gasteiger partial charge in [-0.1, -0.05) is 0 Å². The highest BCUT2D eigenvalue weighted by molar-refractivity contribution is 5.14. The Balaban J connectivity index is 1.57. The quantitative estimate of drug-likeness (QED) is 0.425. The number of aromatic amines is 2. The molecule has 0 aliphatic carbocycles. The van der Waals surface area contributed by atoms with Crippen molar-refractivity contribution in [2.45, 2.75) is 18.9 Å². The first kappa shape index (κ1) is 16.1. The molecule has 4 rings (SSSR count). The van der Waals surface area contributed by atoms with Gasteiger partial charge >= 0.3 is 0 Å². The summed E-state index contributed by atoms with van der Waals surface area (Å²) in [4.78, 5) is 17.2. The van der Waals surface area contributed by atoms with E-state index in [1.807, 2.05) is 41.6 Å². The summed E-state index contributed by atoms with van der Waals surface area (Å²) in [5.41, 5.74) is 3.35. The van der Waals surface area contributed by atoms with E-state index >= 15 is 0 Å². The molecule has 3 N–H and O–H groups in total. The summed E-state index contributed by atoms with van der Waals surface area (Å²) >= 11 is 0. The standard InChI is InChI=1S/C17H21N9/c1-4-22-25(10-1)12-3-14(13-24-26-11-2-5-23-26)15(16-18-6-7-19-16)17-20-8-9-21-17/h1-2,4-11,14-15,24H,3,12-13H2,(H,18,19)(H,20,21). The molecule has 0 spiro atoms. The van der Waals surface area contributed by atoms with Crippen LogP contribution in [0.2, 0.25) is 0 Å². The minimum Gasteiger partial charge on any atom is -0.348 e. The van der Waals surface area contributed by atoms with Crippen LogP contribution in [-0.4, -0.2) is 46.2 Å². The molecule has 0 saturated carbocycles. The molecule has 134 valence electrons. The van der Waals surface area contributed by atoms with Crippen molar-refractivity contribution in [3.05, 3.63) is 73.4 Å². The van der Waals surface area contributed by atoms with Crippen molar-refractivity contribution in [2.24, 2.45) is 5.92 Å². The van der Waals surface area contributed by atoms with Gasteiger partial charge in [0.15, 0.2) is 0 Å². The lowest BCUT2D eigenvalue weighted by Gasteiger charge is -2.25. The van der Waals surface area contributed by atoms with Gasteiger partial charge in [0.2, 0.25) is 0 Å². The van der Waals surface area contributed by atoms with Crippen molar-refractivity contribution in [1.82, 2.24) is 39.6 Å². The molecule has 26 heavy (non-hydrogen) atoms. The fourth-order valence-electron chi connectivity index (χ4n) is 3.16. The average molecular weight is 351 g/mol. The lowest BCUT2D eigenvalue weighted by molar-refractivity contribution is 0.381. The fourth-order valence-corrected chi connectivity index (χ4v) is 3.16. The number of nitrogens with one attached hydrogen (secondary N) is 3. The van der Waals surface area contributed by atoms with Crippen LogP contribution in [-0.2, 0) is 6.54 Å². The van der Waals surface area contributed by atoms with Crippen molar-refractivity contribution < 1.29 is 0 Å². The Morgan fingerprint density at radius 3 is 2.23 bits per heavy atom. The molecule has 0 saturated heterocycles. The zero-order valence-electron chi connectivity index (χ0n) is 14.2. The molecule has 9 heteroatoms. The third kappa shape index (κ3) is 3.66. The summed E-state index contributed by atoms with van der Waals surface area (Å²) in [6.07, 6.45) is 15.6. The highest BCUT2D eigenvalue weighted by Gasteiger charge is 2.29. The molecule has 1 atom stereocenters. The van der Waals surface area contributed by atoms with Gasteiger partial charge in [0, 0.05) is 56.5 Å². The van der Waals surface area contributed by atoms with Crippen molar-refractivity contribution >= 4 is 0 Å². The first-order chi connectivity index (χ1) is 12.9. The molecular formula is C17H21N9. The highest BCUT2D eigenvalue weighted by Crippen LogP contribution is 2.30. The Hall–Kier alpha value is -3.36. The third-order valence-corrected chi connectivity index (χ3v) is 4.41. The Bertz CT molecular complexity index is 775. The number of hydrogen-bond acceptors (Lipinski definition) is 5. The smallest absolute Gasteiger partial charge is 0.117 e. The van der Waals surface area contributed by atoms with Gasteiger partial charge < -0.3 is 15.4 Å². The van der Waals surface area contributed by atoms with Crippen LogP contribution < -0.4 is 5.43 Å². The largest absolute Gasteiger partial charge is 0.348 e. The van der Waals surface area contributed by atoms with E-state index in [1.165, 1.54) is 0 Å². The number of imidazole rings is 2. The van der Waals surface area contributed by atoms with Crippen LogP contribution in [0.3, 0.4) is 0 Å². The summed E-state index contributed by atoms with van der Waals surface area (Å²) in [5, 5.41) is 8.54. The van der Waals surface area contributed by atoms with Crippen molar-refractivity contribution in [1.29, 1.82) is 0 Å². The van der Waals surface area contributed by atoms with Gasteiger partial charge in [0.05, 0.1) is 12.1 Å². The summed E-state index contributed by atoms with van der Waals surface area (Å²) in [5.74, 6) is 2.03. The minimum absolute atomic E-state index is 0.0126. The molecule has 0 fully saturated rings. The normalized spacial score (nSPS) is 12.5. The number of rotatable bonds is 9. The fraction of sp³-hybridized carbons (Fsp3) is 0.294. The zero-order valence-corrected chi connectivity index (χ0v) is 14.2. The molecule has 0 radical (unpaired) electrons. The zero-order chi connectivity index (χ0) is 17.6. The maximum absolute atomic E-state index is 4.50. The number of aryl methyl sites for hydroxylation is 1. The molecule has 0 aliphatic rings. The van der Waals surface area contributed by atoms with Gasteiger partial charge in [-0.25, -0.2) is 9.97 Å². The molecule has 9 nitrogen and oxygen atoms in total. The highest BCUT2D eigenvalue weighted by atomic mass is 15.5. The van der Waals surface area contributed by atoms with Gasteiger partial charge in [-0.3, -0.25) is 4.68 Å². The lowest BCUT2D eigenvalue weighted by atomic mass is 9.88. The number of H-pyrrole nitrogens is 2. The van der Waals surface area contributed by atoms with Crippen LogP contribution in [0.1, 0.15) is 24.0 Å². The van der Waals surface area contributed by atoms with E-state index in [-0.39, 0.29) is 11.8 Å². The number of aromatic nitrogens is 8. The molecule has 0 amide bonds. The summed E-state index contributed by atoms with van der Waals surface area (Å²) in [6.45, 7) is 1.53. The van der Waals surface area contributed by atoms with Crippen LogP contribution in [0, 0.1) is 5.92 Å². The summed E-state index contributed by atoms with van der Waals surface area (Å²) < 4.78 is 1.95. The van der Waals surface area contributed by atoms with Crippen molar-refractivity contribution in [3.8, 4) is 0 Å². The second-order valence-electron chi connectivity index (χ2n) is 6.06. The second kappa shape index (κ2) is 7.68. The number of hydrogen-bond donors (Lipinski definition) is 3.